The normalized spacial score (nSPS) is 14.3. The van der Waals surface area contributed by atoms with Crippen molar-refractivity contribution in [1.82, 2.24) is 0 Å². The molecule has 0 aliphatic heterocycles. The van der Waals surface area contributed by atoms with E-state index >= 15 is 0 Å². The van der Waals surface area contributed by atoms with E-state index < -0.39 is 10.8 Å². The number of nitro benzene ring substituents is 1. The van der Waals surface area contributed by atoms with Crippen LogP contribution in [0.2, 0.25) is 5.02 Å². The molecule has 1 aliphatic carbocycles. The highest BCUT2D eigenvalue weighted by molar-refractivity contribution is 6.34. The molecule has 28 heavy (non-hydrogen) atoms. The van der Waals surface area contributed by atoms with Crippen molar-refractivity contribution in [2.24, 2.45) is 0 Å². The molecule has 1 fully saturated rings. The number of halogens is 1. The minimum absolute atomic E-state index is 0.103. The lowest BCUT2D eigenvalue weighted by Crippen LogP contribution is -2.23. The molecule has 148 valence electrons. The van der Waals surface area contributed by atoms with Gasteiger partial charge in [-0.3, -0.25) is 14.9 Å². The summed E-state index contributed by atoms with van der Waals surface area (Å²) in [4.78, 5) is 23.1. The van der Waals surface area contributed by atoms with Crippen LogP contribution in [0.1, 0.15) is 32.1 Å². The van der Waals surface area contributed by atoms with E-state index in [1.54, 1.807) is 12.1 Å². The van der Waals surface area contributed by atoms with Crippen LogP contribution in [0.4, 0.5) is 17.1 Å². The molecule has 0 unspecified atom stereocenters. The number of amides is 1. The SMILES string of the molecule is O=C(COc1ccccc1)Nc1cc(NC2CCCCC2)c([N+](=O)[O-])cc1Cl. The number of anilines is 2. The summed E-state index contributed by atoms with van der Waals surface area (Å²) >= 11 is 6.16. The molecule has 2 N–H and O–H groups in total. The Balaban J connectivity index is 1.71. The van der Waals surface area contributed by atoms with Gasteiger partial charge in [-0.15, -0.1) is 0 Å². The lowest BCUT2D eigenvalue weighted by molar-refractivity contribution is -0.384. The van der Waals surface area contributed by atoms with Gasteiger partial charge < -0.3 is 15.4 Å². The Morgan fingerprint density at radius 1 is 1.14 bits per heavy atom. The zero-order valence-electron chi connectivity index (χ0n) is 15.3. The second-order valence-electron chi connectivity index (χ2n) is 6.74. The van der Waals surface area contributed by atoms with E-state index in [1.807, 2.05) is 18.2 Å². The van der Waals surface area contributed by atoms with E-state index in [0.29, 0.717) is 17.1 Å². The van der Waals surface area contributed by atoms with Gasteiger partial charge in [-0.2, -0.15) is 0 Å². The van der Waals surface area contributed by atoms with E-state index in [2.05, 4.69) is 10.6 Å². The molecule has 2 aromatic carbocycles. The summed E-state index contributed by atoms with van der Waals surface area (Å²) in [6.07, 6.45) is 5.31. The number of carbonyl (C=O) groups is 1. The minimum atomic E-state index is -0.471. The summed E-state index contributed by atoms with van der Waals surface area (Å²) in [5.41, 5.74) is 0.571. The maximum absolute atomic E-state index is 12.2. The number of rotatable bonds is 7. The molecular weight excluding hydrogens is 382 g/mol. The van der Waals surface area contributed by atoms with E-state index in [0.717, 1.165) is 25.7 Å². The predicted octanol–water partition coefficient (Wildman–Crippen LogP) is 5.01. The summed E-state index contributed by atoms with van der Waals surface area (Å²) in [6.45, 7) is -0.192. The van der Waals surface area contributed by atoms with Crippen LogP contribution in [0.3, 0.4) is 0 Å². The summed E-state index contributed by atoms with van der Waals surface area (Å²) in [6, 6.07) is 11.9. The van der Waals surface area contributed by atoms with Crippen molar-refractivity contribution in [3.05, 3.63) is 57.6 Å². The fourth-order valence-corrected chi connectivity index (χ4v) is 3.45. The molecule has 0 atom stereocenters. The van der Waals surface area contributed by atoms with Crippen LogP contribution in [0.25, 0.3) is 0 Å². The fourth-order valence-electron chi connectivity index (χ4n) is 3.24. The van der Waals surface area contributed by atoms with Crippen molar-refractivity contribution < 1.29 is 14.5 Å². The van der Waals surface area contributed by atoms with Crippen LogP contribution in [0.15, 0.2) is 42.5 Å². The molecule has 0 heterocycles. The number of nitrogens with zero attached hydrogens (tertiary/aromatic N) is 1. The zero-order chi connectivity index (χ0) is 19.9. The van der Waals surface area contributed by atoms with Crippen molar-refractivity contribution in [2.75, 3.05) is 17.2 Å². The number of para-hydroxylation sites is 1. The third-order valence-corrected chi connectivity index (χ3v) is 4.95. The van der Waals surface area contributed by atoms with Crippen LogP contribution in [0, 0.1) is 10.1 Å². The lowest BCUT2D eigenvalue weighted by Gasteiger charge is -2.24. The van der Waals surface area contributed by atoms with Gasteiger partial charge in [0.05, 0.1) is 15.6 Å². The molecule has 1 aliphatic rings. The van der Waals surface area contributed by atoms with Gasteiger partial charge in [0.2, 0.25) is 0 Å². The number of ether oxygens (including phenoxy) is 1. The Kier molecular flexibility index (Phi) is 6.71. The van der Waals surface area contributed by atoms with Crippen LogP contribution < -0.4 is 15.4 Å². The maximum Gasteiger partial charge on any atom is 0.293 e. The Morgan fingerprint density at radius 2 is 1.86 bits per heavy atom. The Hall–Kier alpha value is -2.80. The van der Waals surface area contributed by atoms with E-state index in [1.165, 1.54) is 18.6 Å². The Morgan fingerprint density at radius 3 is 2.54 bits per heavy atom. The number of nitrogens with one attached hydrogen (secondary N) is 2. The van der Waals surface area contributed by atoms with Crippen molar-refractivity contribution in [1.29, 1.82) is 0 Å². The number of hydrogen-bond acceptors (Lipinski definition) is 5. The first-order chi connectivity index (χ1) is 13.5. The Bertz CT molecular complexity index is 839. The first-order valence-electron chi connectivity index (χ1n) is 9.25. The molecule has 0 aromatic heterocycles. The monoisotopic (exact) mass is 403 g/mol. The zero-order valence-corrected chi connectivity index (χ0v) is 16.1. The lowest BCUT2D eigenvalue weighted by atomic mass is 9.95. The number of benzene rings is 2. The van der Waals surface area contributed by atoms with Gasteiger partial charge in [-0.1, -0.05) is 49.1 Å². The average molecular weight is 404 g/mol. The third-order valence-electron chi connectivity index (χ3n) is 4.63. The molecule has 0 radical (unpaired) electrons. The van der Waals surface area contributed by atoms with Crippen molar-refractivity contribution >= 4 is 34.6 Å². The highest BCUT2D eigenvalue weighted by Crippen LogP contribution is 2.36. The van der Waals surface area contributed by atoms with E-state index in [4.69, 9.17) is 16.3 Å². The average Bonchev–Trinajstić information content (AvgIpc) is 2.70. The van der Waals surface area contributed by atoms with Crippen molar-refractivity contribution in [2.45, 2.75) is 38.1 Å². The standard InChI is InChI=1S/C20H22ClN3O4/c21-16-11-19(24(26)27)18(22-14-7-3-1-4-8-14)12-17(16)23-20(25)13-28-15-9-5-2-6-10-15/h2,5-6,9-12,14,22H,1,3-4,7-8,13H2,(H,23,25). The molecule has 7 nitrogen and oxygen atoms in total. The molecule has 2 aromatic rings. The predicted molar refractivity (Wildman–Crippen MR) is 109 cm³/mol. The summed E-state index contributed by atoms with van der Waals surface area (Å²) in [7, 11) is 0. The highest BCUT2D eigenvalue weighted by atomic mass is 35.5. The van der Waals surface area contributed by atoms with E-state index in [9.17, 15) is 14.9 Å². The van der Waals surface area contributed by atoms with Gasteiger partial charge in [-0.25, -0.2) is 0 Å². The minimum Gasteiger partial charge on any atom is -0.484 e. The first-order valence-corrected chi connectivity index (χ1v) is 9.63. The molecule has 1 amide bonds. The maximum atomic E-state index is 12.2. The fraction of sp³-hybridized carbons (Fsp3) is 0.350. The number of hydrogen-bond donors (Lipinski definition) is 2. The molecule has 0 bridgehead atoms. The molecular formula is C20H22ClN3O4. The summed E-state index contributed by atoms with van der Waals surface area (Å²) < 4.78 is 5.41. The second kappa shape index (κ2) is 9.41. The van der Waals surface area contributed by atoms with E-state index in [-0.39, 0.29) is 23.4 Å². The number of nitro groups is 1. The quantitative estimate of drug-likeness (QED) is 0.500. The van der Waals surface area contributed by atoms with Gasteiger partial charge in [0, 0.05) is 12.1 Å². The van der Waals surface area contributed by atoms with Crippen LogP contribution in [-0.4, -0.2) is 23.5 Å². The molecule has 1 saturated carbocycles. The van der Waals surface area contributed by atoms with Gasteiger partial charge in [0.15, 0.2) is 6.61 Å². The topological polar surface area (TPSA) is 93.5 Å². The van der Waals surface area contributed by atoms with Gasteiger partial charge in [0.1, 0.15) is 11.4 Å². The number of carbonyl (C=O) groups excluding carboxylic acids is 1. The summed E-state index contributed by atoms with van der Waals surface area (Å²) in [5, 5.41) is 17.4. The second-order valence-corrected chi connectivity index (χ2v) is 7.14. The largest absolute Gasteiger partial charge is 0.484 e. The van der Waals surface area contributed by atoms with Crippen molar-refractivity contribution in [3.8, 4) is 5.75 Å². The molecule has 0 saturated heterocycles. The Labute approximate surface area is 168 Å². The summed E-state index contributed by atoms with van der Waals surface area (Å²) in [5.74, 6) is 0.176. The highest BCUT2D eigenvalue weighted by Gasteiger charge is 2.22. The van der Waals surface area contributed by atoms with Crippen LogP contribution >= 0.6 is 11.6 Å². The first kappa shape index (κ1) is 19.9. The van der Waals surface area contributed by atoms with Gasteiger partial charge in [-0.05, 0) is 31.0 Å². The van der Waals surface area contributed by atoms with Crippen LogP contribution in [-0.2, 0) is 4.79 Å². The van der Waals surface area contributed by atoms with Crippen molar-refractivity contribution in [3.63, 3.8) is 0 Å². The smallest absolute Gasteiger partial charge is 0.293 e. The molecule has 0 spiro atoms. The third kappa shape index (κ3) is 5.36. The molecule has 8 heteroatoms. The van der Waals surface area contributed by atoms with Gasteiger partial charge >= 0.3 is 0 Å². The van der Waals surface area contributed by atoms with Gasteiger partial charge in [0.25, 0.3) is 11.6 Å². The molecule has 3 rings (SSSR count). The van der Waals surface area contributed by atoms with Crippen LogP contribution in [0.5, 0.6) is 5.75 Å².